The van der Waals surface area contributed by atoms with E-state index in [0.717, 1.165) is 35.8 Å². The summed E-state index contributed by atoms with van der Waals surface area (Å²) in [6, 6.07) is 7.32. The molecule has 0 atom stereocenters. The molecule has 1 fully saturated rings. The van der Waals surface area contributed by atoms with Crippen molar-refractivity contribution in [3.05, 3.63) is 41.3 Å². The molecule has 1 aliphatic rings. The van der Waals surface area contributed by atoms with E-state index in [-0.39, 0.29) is 11.7 Å². The Labute approximate surface area is 141 Å². The normalized spacial score (nSPS) is 14.9. The van der Waals surface area contributed by atoms with Crippen LogP contribution in [0.5, 0.6) is 5.75 Å². The van der Waals surface area contributed by atoms with Crippen LogP contribution in [0.2, 0.25) is 0 Å². The van der Waals surface area contributed by atoms with Crippen molar-refractivity contribution in [3.8, 4) is 5.75 Å². The number of hydrogen-bond donors (Lipinski definition) is 1. The van der Waals surface area contributed by atoms with E-state index < -0.39 is 0 Å². The zero-order valence-corrected chi connectivity index (χ0v) is 14.2. The van der Waals surface area contributed by atoms with Crippen molar-refractivity contribution in [3.63, 3.8) is 0 Å². The van der Waals surface area contributed by atoms with E-state index in [1.54, 1.807) is 6.07 Å². The summed E-state index contributed by atoms with van der Waals surface area (Å²) in [5.74, 6) is 1.24. The van der Waals surface area contributed by atoms with Crippen LogP contribution < -0.4 is 4.90 Å². The maximum absolute atomic E-state index is 12.4. The Morgan fingerprint density at radius 2 is 1.92 bits per heavy atom. The molecule has 2 aromatic rings. The van der Waals surface area contributed by atoms with E-state index in [4.69, 9.17) is 4.52 Å². The van der Waals surface area contributed by atoms with Crippen molar-refractivity contribution >= 4 is 11.6 Å². The molecular weight excluding hydrogens is 306 g/mol. The first kappa shape index (κ1) is 16.4. The van der Waals surface area contributed by atoms with Gasteiger partial charge < -0.3 is 19.4 Å². The number of para-hydroxylation sites is 2. The van der Waals surface area contributed by atoms with Crippen molar-refractivity contribution in [1.29, 1.82) is 0 Å². The van der Waals surface area contributed by atoms with Gasteiger partial charge in [0.25, 0.3) is 0 Å². The van der Waals surface area contributed by atoms with Gasteiger partial charge >= 0.3 is 0 Å². The summed E-state index contributed by atoms with van der Waals surface area (Å²) in [6.07, 6.45) is 1.14. The number of rotatable bonds is 4. The molecule has 1 N–H and O–H groups in total. The molecule has 1 aromatic heterocycles. The summed E-state index contributed by atoms with van der Waals surface area (Å²) < 4.78 is 5.14. The molecule has 1 saturated heterocycles. The van der Waals surface area contributed by atoms with E-state index >= 15 is 0 Å². The molecule has 1 aliphatic heterocycles. The van der Waals surface area contributed by atoms with Crippen LogP contribution in [0, 0.1) is 13.8 Å². The SMILES string of the molecule is Cc1noc(C)c1CCC(=O)N1CCN(c2ccccc2O)CC1. The molecule has 0 unspecified atom stereocenters. The van der Waals surface area contributed by atoms with Gasteiger partial charge in [-0.15, -0.1) is 0 Å². The number of piperazine rings is 1. The Morgan fingerprint density at radius 3 is 2.54 bits per heavy atom. The van der Waals surface area contributed by atoms with Crippen LogP contribution in [-0.2, 0) is 11.2 Å². The predicted octanol–water partition coefficient (Wildman–Crippen LogP) is 2.28. The van der Waals surface area contributed by atoms with Crippen LogP contribution >= 0.6 is 0 Å². The second-order valence-corrected chi connectivity index (χ2v) is 6.16. The zero-order valence-electron chi connectivity index (χ0n) is 14.2. The highest BCUT2D eigenvalue weighted by atomic mass is 16.5. The number of carbonyl (C=O) groups is 1. The summed E-state index contributed by atoms with van der Waals surface area (Å²) in [5, 5.41) is 13.9. The minimum Gasteiger partial charge on any atom is -0.506 e. The zero-order chi connectivity index (χ0) is 17.1. The van der Waals surface area contributed by atoms with Crippen LogP contribution in [0.15, 0.2) is 28.8 Å². The van der Waals surface area contributed by atoms with Crippen molar-refractivity contribution in [2.24, 2.45) is 0 Å². The second kappa shape index (κ2) is 6.95. The number of amides is 1. The molecule has 128 valence electrons. The van der Waals surface area contributed by atoms with Gasteiger partial charge in [0.05, 0.1) is 11.4 Å². The molecule has 0 spiro atoms. The number of phenolic OH excluding ortho intramolecular Hbond substituents is 1. The summed E-state index contributed by atoms with van der Waals surface area (Å²) >= 11 is 0. The first-order valence-electron chi connectivity index (χ1n) is 8.28. The van der Waals surface area contributed by atoms with Crippen LogP contribution in [0.25, 0.3) is 0 Å². The second-order valence-electron chi connectivity index (χ2n) is 6.16. The van der Waals surface area contributed by atoms with E-state index in [0.29, 0.717) is 25.9 Å². The molecule has 0 aliphatic carbocycles. The molecule has 2 heterocycles. The largest absolute Gasteiger partial charge is 0.506 e. The van der Waals surface area contributed by atoms with Crippen molar-refractivity contribution in [1.82, 2.24) is 10.1 Å². The third kappa shape index (κ3) is 3.37. The van der Waals surface area contributed by atoms with Gasteiger partial charge in [-0.2, -0.15) is 0 Å². The fourth-order valence-corrected chi connectivity index (χ4v) is 3.18. The lowest BCUT2D eigenvalue weighted by Gasteiger charge is -2.36. The van der Waals surface area contributed by atoms with E-state index in [1.165, 1.54) is 0 Å². The van der Waals surface area contributed by atoms with Crippen LogP contribution in [0.3, 0.4) is 0 Å². The molecule has 1 aromatic carbocycles. The van der Waals surface area contributed by atoms with E-state index in [1.807, 2.05) is 36.9 Å². The van der Waals surface area contributed by atoms with Gasteiger partial charge in [-0.3, -0.25) is 4.79 Å². The van der Waals surface area contributed by atoms with E-state index in [9.17, 15) is 9.90 Å². The number of aromatic nitrogens is 1. The minimum atomic E-state index is 0.159. The first-order valence-corrected chi connectivity index (χ1v) is 8.28. The third-order valence-electron chi connectivity index (χ3n) is 4.62. The van der Waals surface area contributed by atoms with Crippen LogP contribution in [0.4, 0.5) is 5.69 Å². The average molecular weight is 329 g/mol. The highest BCUT2D eigenvalue weighted by molar-refractivity contribution is 5.77. The lowest BCUT2D eigenvalue weighted by molar-refractivity contribution is -0.131. The number of aryl methyl sites for hydroxylation is 2. The number of carbonyl (C=O) groups excluding carboxylic acids is 1. The standard InChI is InChI=1S/C18H23N3O3/c1-13-15(14(2)24-19-13)7-8-18(23)21-11-9-20(10-12-21)16-5-3-4-6-17(16)22/h3-6,22H,7-12H2,1-2H3. The summed E-state index contributed by atoms with van der Waals surface area (Å²) in [4.78, 5) is 16.4. The quantitative estimate of drug-likeness (QED) is 0.932. The summed E-state index contributed by atoms with van der Waals surface area (Å²) in [6.45, 7) is 6.60. The van der Waals surface area contributed by atoms with Gasteiger partial charge in [0.1, 0.15) is 11.5 Å². The average Bonchev–Trinajstić information content (AvgIpc) is 2.91. The predicted molar refractivity (Wildman–Crippen MR) is 91.2 cm³/mol. The highest BCUT2D eigenvalue weighted by Gasteiger charge is 2.23. The molecule has 0 saturated carbocycles. The number of phenols is 1. The molecule has 1 amide bonds. The number of anilines is 1. The molecule has 3 rings (SSSR count). The Bertz CT molecular complexity index is 699. The fraction of sp³-hybridized carbons (Fsp3) is 0.444. The van der Waals surface area contributed by atoms with Crippen LogP contribution in [-0.4, -0.2) is 47.2 Å². The van der Waals surface area contributed by atoms with Gasteiger partial charge in [0.15, 0.2) is 0 Å². The van der Waals surface area contributed by atoms with Gasteiger partial charge in [-0.05, 0) is 32.4 Å². The van der Waals surface area contributed by atoms with Gasteiger partial charge in [-0.1, -0.05) is 17.3 Å². The Hall–Kier alpha value is -2.50. The van der Waals surface area contributed by atoms with Crippen molar-refractivity contribution in [2.75, 3.05) is 31.1 Å². The number of benzene rings is 1. The fourth-order valence-electron chi connectivity index (χ4n) is 3.18. The van der Waals surface area contributed by atoms with Gasteiger partial charge in [-0.25, -0.2) is 0 Å². The van der Waals surface area contributed by atoms with Crippen LogP contribution in [0.1, 0.15) is 23.4 Å². The van der Waals surface area contributed by atoms with Crippen molar-refractivity contribution in [2.45, 2.75) is 26.7 Å². The van der Waals surface area contributed by atoms with Gasteiger partial charge in [0, 0.05) is 38.2 Å². The Balaban J connectivity index is 1.53. The first-order chi connectivity index (χ1) is 11.6. The highest BCUT2D eigenvalue weighted by Crippen LogP contribution is 2.27. The lowest BCUT2D eigenvalue weighted by atomic mass is 10.1. The molecule has 0 bridgehead atoms. The minimum absolute atomic E-state index is 0.159. The Kier molecular flexibility index (Phi) is 4.74. The number of aromatic hydroxyl groups is 1. The monoisotopic (exact) mass is 329 g/mol. The molecule has 0 radical (unpaired) electrons. The summed E-state index contributed by atoms with van der Waals surface area (Å²) in [5.41, 5.74) is 2.74. The molecular formula is C18H23N3O3. The molecule has 6 nitrogen and oxygen atoms in total. The third-order valence-corrected chi connectivity index (χ3v) is 4.62. The number of hydrogen-bond acceptors (Lipinski definition) is 5. The number of nitrogens with zero attached hydrogens (tertiary/aromatic N) is 3. The lowest BCUT2D eigenvalue weighted by Crippen LogP contribution is -2.48. The van der Waals surface area contributed by atoms with Gasteiger partial charge in [0.2, 0.25) is 5.91 Å². The van der Waals surface area contributed by atoms with E-state index in [2.05, 4.69) is 10.1 Å². The maximum Gasteiger partial charge on any atom is 0.223 e. The molecule has 6 heteroatoms. The maximum atomic E-state index is 12.4. The molecule has 24 heavy (non-hydrogen) atoms. The Morgan fingerprint density at radius 1 is 1.21 bits per heavy atom. The van der Waals surface area contributed by atoms with Crippen molar-refractivity contribution < 1.29 is 14.4 Å². The topological polar surface area (TPSA) is 69.8 Å². The summed E-state index contributed by atoms with van der Waals surface area (Å²) in [7, 11) is 0. The smallest absolute Gasteiger partial charge is 0.223 e.